The van der Waals surface area contributed by atoms with Crippen molar-refractivity contribution in [1.29, 1.82) is 0 Å². The molecule has 1 aromatic carbocycles. The van der Waals surface area contributed by atoms with E-state index in [1.165, 1.54) is 0 Å². The normalized spacial score (nSPS) is 10.8. The second-order valence-electron chi connectivity index (χ2n) is 4.66. The summed E-state index contributed by atoms with van der Waals surface area (Å²) in [4.78, 5) is 7.32. The van der Waals surface area contributed by atoms with E-state index in [4.69, 9.17) is 16.3 Å². The SMILES string of the molecule is Cc1ncc(CNc2ccc(OC(C)C)c(Cl)c2)[nH]1. The Hall–Kier alpha value is -1.68. The van der Waals surface area contributed by atoms with Gasteiger partial charge in [0.25, 0.3) is 0 Å². The zero-order chi connectivity index (χ0) is 13.8. The molecular weight excluding hydrogens is 262 g/mol. The quantitative estimate of drug-likeness (QED) is 0.876. The van der Waals surface area contributed by atoms with E-state index in [9.17, 15) is 0 Å². The van der Waals surface area contributed by atoms with Crippen LogP contribution in [0.1, 0.15) is 25.4 Å². The molecule has 1 heterocycles. The highest BCUT2D eigenvalue weighted by Crippen LogP contribution is 2.28. The number of ether oxygens (including phenoxy) is 1. The number of imidazole rings is 1. The van der Waals surface area contributed by atoms with Crippen LogP contribution in [-0.4, -0.2) is 16.1 Å². The Morgan fingerprint density at radius 2 is 2.21 bits per heavy atom. The molecule has 0 unspecified atom stereocenters. The second kappa shape index (κ2) is 5.97. The Labute approximate surface area is 118 Å². The number of aryl methyl sites for hydroxylation is 1. The van der Waals surface area contributed by atoms with E-state index >= 15 is 0 Å². The Balaban J connectivity index is 1.99. The first kappa shape index (κ1) is 13.7. The van der Waals surface area contributed by atoms with Crippen molar-refractivity contribution in [2.75, 3.05) is 5.32 Å². The first-order valence-electron chi connectivity index (χ1n) is 6.25. The van der Waals surface area contributed by atoms with Crippen molar-refractivity contribution in [2.24, 2.45) is 0 Å². The Morgan fingerprint density at radius 1 is 1.42 bits per heavy atom. The smallest absolute Gasteiger partial charge is 0.138 e. The molecule has 4 nitrogen and oxygen atoms in total. The van der Waals surface area contributed by atoms with Crippen LogP contribution in [0.4, 0.5) is 5.69 Å². The molecule has 0 saturated heterocycles. The summed E-state index contributed by atoms with van der Waals surface area (Å²) in [6.45, 7) is 6.56. The monoisotopic (exact) mass is 279 g/mol. The van der Waals surface area contributed by atoms with Gasteiger partial charge in [0.2, 0.25) is 0 Å². The van der Waals surface area contributed by atoms with Crippen molar-refractivity contribution in [1.82, 2.24) is 9.97 Å². The summed E-state index contributed by atoms with van der Waals surface area (Å²) < 4.78 is 5.59. The summed E-state index contributed by atoms with van der Waals surface area (Å²) >= 11 is 6.17. The summed E-state index contributed by atoms with van der Waals surface area (Å²) in [6, 6.07) is 5.69. The van der Waals surface area contributed by atoms with Gasteiger partial charge in [-0.05, 0) is 39.0 Å². The molecule has 1 aromatic heterocycles. The fourth-order valence-electron chi connectivity index (χ4n) is 1.72. The van der Waals surface area contributed by atoms with E-state index in [2.05, 4.69) is 15.3 Å². The third-order valence-corrected chi connectivity index (χ3v) is 2.83. The lowest BCUT2D eigenvalue weighted by atomic mass is 10.3. The molecule has 2 aromatic rings. The maximum atomic E-state index is 6.17. The summed E-state index contributed by atoms with van der Waals surface area (Å²) in [5, 5.41) is 3.90. The van der Waals surface area contributed by atoms with Crippen molar-refractivity contribution in [3.63, 3.8) is 0 Å². The standard InChI is InChI=1S/C14H18ClN3O/c1-9(2)19-14-5-4-11(6-13(14)15)17-8-12-7-16-10(3)18-12/h4-7,9,17H,8H2,1-3H3,(H,16,18). The molecule has 5 heteroatoms. The molecule has 0 fully saturated rings. The van der Waals surface area contributed by atoms with Crippen LogP contribution >= 0.6 is 11.6 Å². The van der Waals surface area contributed by atoms with Crippen LogP contribution in [0.15, 0.2) is 24.4 Å². The van der Waals surface area contributed by atoms with Gasteiger partial charge in [0, 0.05) is 5.69 Å². The van der Waals surface area contributed by atoms with E-state index in [1.807, 2.05) is 45.2 Å². The fraction of sp³-hybridized carbons (Fsp3) is 0.357. The van der Waals surface area contributed by atoms with Crippen LogP contribution in [0.25, 0.3) is 0 Å². The van der Waals surface area contributed by atoms with E-state index < -0.39 is 0 Å². The largest absolute Gasteiger partial charge is 0.489 e. The first-order valence-corrected chi connectivity index (χ1v) is 6.63. The summed E-state index contributed by atoms with van der Waals surface area (Å²) in [5.41, 5.74) is 1.99. The van der Waals surface area contributed by atoms with Crippen LogP contribution in [0.5, 0.6) is 5.75 Å². The maximum absolute atomic E-state index is 6.17. The molecule has 2 rings (SSSR count). The lowest BCUT2D eigenvalue weighted by molar-refractivity contribution is 0.242. The third kappa shape index (κ3) is 3.89. The molecule has 102 valence electrons. The van der Waals surface area contributed by atoms with E-state index in [-0.39, 0.29) is 6.10 Å². The minimum atomic E-state index is 0.115. The van der Waals surface area contributed by atoms with Crippen LogP contribution in [0.2, 0.25) is 5.02 Å². The van der Waals surface area contributed by atoms with Crippen LogP contribution in [-0.2, 0) is 6.54 Å². The summed E-state index contributed by atoms with van der Waals surface area (Å²) in [6.07, 6.45) is 1.93. The number of nitrogens with one attached hydrogen (secondary N) is 2. The Kier molecular flexibility index (Phi) is 4.32. The van der Waals surface area contributed by atoms with Crippen LogP contribution in [0.3, 0.4) is 0 Å². The number of nitrogens with zero attached hydrogens (tertiary/aromatic N) is 1. The number of H-pyrrole nitrogens is 1. The van der Waals surface area contributed by atoms with Crippen molar-refractivity contribution in [2.45, 2.75) is 33.4 Å². The molecule has 0 bridgehead atoms. The van der Waals surface area contributed by atoms with Gasteiger partial charge in [0.05, 0.1) is 29.6 Å². The molecule has 0 radical (unpaired) electrons. The number of anilines is 1. The van der Waals surface area contributed by atoms with Crippen molar-refractivity contribution in [3.05, 3.63) is 40.9 Å². The Morgan fingerprint density at radius 3 is 2.79 bits per heavy atom. The highest BCUT2D eigenvalue weighted by Gasteiger charge is 2.05. The van der Waals surface area contributed by atoms with Gasteiger partial charge in [0.15, 0.2) is 0 Å². The molecule has 0 aliphatic heterocycles. The average molecular weight is 280 g/mol. The number of aromatic nitrogens is 2. The minimum Gasteiger partial charge on any atom is -0.489 e. The van der Waals surface area contributed by atoms with Gasteiger partial charge in [0.1, 0.15) is 11.6 Å². The molecule has 0 saturated carbocycles. The lowest BCUT2D eigenvalue weighted by Crippen LogP contribution is -2.06. The van der Waals surface area contributed by atoms with E-state index in [0.717, 1.165) is 17.2 Å². The third-order valence-electron chi connectivity index (χ3n) is 2.53. The second-order valence-corrected chi connectivity index (χ2v) is 5.07. The number of halogens is 1. The van der Waals surface area contributed by atoms with Crippen LogP contribution in [0, 0.1) is 6.92 Å². The zero-order valence-electron chi connectivity index (χ0n) is 11.3. The summed E-state index contributed by atoms with van der Waals surface area (Å²) in [5.74, 6) is 1.62. The zero-order valence-corrected chi connectivity index (χ0v) is 12.1. The summed E-state index contributed by atoms with van der Waals surface area (Å²) in [7, 11) is 0. The number of hydrogen-bond donors (Lipinski definition) is 2. The van der Waals surface area contributed by atoms with Crippen molar-refractivity contribution < 1.29 is 4.74 Å². The maximum Gasteiger partial charge on any atom is 0.138 e. The number of aromatic amines is 1. The molecule has 0 aliphatic carbocycles. The molecule has 2 N–H and O–H groups in total. The van der Waals surface area contributed by atoms with Gasteiger partial charge >= 0.3 is 0 Å². The van der Waals surface area contributed by atoms with Crippen molar-refractivity contribution >= 4 is 17.3 Å². The molecule has 0 amide bonds. The number of rotatable bonds is 5. The van der Waals surface area contributed by atoms with Gasteiger partial charge in [-0.3, -0.25) is 0 Å². The molecule has 19 heavy (non-hydrogen) atoms. The molecule has 0 atom stereocenters. The van der Waals surface area contributed by atoms with E-state index in [1.54, 1.807) is 0 Å². The van der Waals surface area contributed by atoms with Gasteiger partial charge in [-0.1, -0.05) is 11.6 Å². The molecule has 0 spiro atoms. The number of hydrogen-bond acceptors (Lipinski definition) is 3. The lowest BCUT2D eigenvalue weighted by Gasteiger charge is -2.12. The molecular formula is C14H18ClN3O. The molecule has 0 aliphatic rings. The highest BCUT2D eigenvalue weighted by molar-refractivity contribution is 6.32. The minimum absolute atomic E-state index is 0.115. The predicted molar refractivity (Wildman–Crippen MR) is 77.9 cm³/mol. The predicted octanol–water partition coefficient (Wildman–Crippen LogP) is 3.77. The van der Waals surface area contributed by atoms with E-state index in [0.29, 0.717) is 17.3 Å². The van der Waals surface area contributed by atoms with Gasteiger partial charge in [-0.25, -0.2) is 4.98 Å². The van der Waals surface area contributed by atoms with Gasteiger partial charge in [-0.2, -0.15) is 0 Å². The fourth-order valence-corrected chi connectivity index (χ4v) is 1.94. The number of benzene rings is 1. The van der Waals surface area contributed by atoms with Gasteiger partial charge in [-0.15, -0.1) is 0 Å². The van der Waals surface area contributed by atoms with Crippen LogP contribution < -0.4 is 10.1 Å². The topological polar surface area (TPSA) is 49.9 Å². The highest BCUT2D eigenvalue weighted by atomic mass is 35.5. The average Bonchev–Trinajstić information content (AvgIpc) is 2.75. The Bertz CT molecular complexity index is 551. The first-order chi connectivity index (χ1) is 9.04. The van der Waals surface area contributed by atoms with Crippen molar-refractivity contribution in [3.8, 4) is 5.75 Å². The van der Waals surface area contributed by atoms with Gasteiger partial charge < -0.3 is 15.0 Å².